The van der Waals surface area contributed by atoms with Crippen molar-refractivity contribution < 1.29 is 18.3 Å². The molecular weight excluding hydrogens is 320 g/mol. The van der Waals surface area contributed by atoms with Crippen molar-refractivity contribution in [2.75, 3.05) is 4.72 Å². The molecule has 0 bridgehead atoms. The lowest BCUT2D eigenvalue weighted by Crippen LogP contribution is -2.18. The van der Waals surface area contributed by atoms with Crippen LogP contribution < -0.4 is 4.72 Å². The summed E-state index contributed by atoms with van der Waals surface area (Å²) in [5.41, 5.74) is 0.757. The lowest BCUT2D eigenvalue weighted by Gasteiger charge is -2.12. The molecule has 0 aliphatic rings. The van der Waals surface area contributed by atoms with E-state index in [2.05, 4.69) is 14.8 Å². The fraction of sp³-hybridized carbons (Fsp3) is 0.0714. The van der Waals surface area contributed by atoms with E-state index in [9.17, 15) is 18.3 Å². The molecule has 0 aliphatic heterocycles. The average Bonchev–Trinajstić information content (AvgIpc) is 2.93. The molecular formula is C14H12N4O4S. The summed E-state index contributed by atoms with van der Waals surface area (Å²) in [5.74, 6) is -1.22. The summed E-state index contributed by atoms with van der Waals surface area (Å²) in [5, 5.41) is 13.0. The Morgan fingerprint density at radius 1 is 1.26 bits per heavy atom. The average molecular weight is 332 g/mol. The normalized spacial score (nSPS) is 11.5. The van der Waals surface area contributed by atoms with Crippen LogP contribution in [0.5, 0.6) is 0 Å². The number of nitrogens with zero attached hydrogens (tertiary/aromatic N) is 3. The van der Waals surface area contributed by atoms with Crippen molar-refractivity contribution in [2.24, 2.45) is 0 Å². The van der Waals surface area contributed by atoms with Crippen molar-refractivity contribution in [3.05, 3.63) is 53.9 Å². The summed E-state index contributed by atoms with van der Waals surface area (Å²) in [4.78, 5) is 15.3. The van der Waals surface area contributed by atoms with Gasteiger partial charge in [0.25, 0.3) is 10.0 Å². The number of sulfonamides is 1. The third-order valence-electron chi connectivity index (χ3n) is 3.26. The molecule has 3 rings (SSSR count). The van der Waals surface area contributed by atoms with E-state index in [1.165, 1.54) is 23.0 Å². The molecule has 0 unspecified atom stereocenters. The first-order valence-corrected chi connectivity index (χ1v) is 8.03. The summed E-state index contributed by atoms with van der Waals surface area (Å²) < 4.78 is 28.7. The summed E-state index contributed by atoms with van der Waals surface area (Å²) in [6, 6.07) is 7.75. The van der Waals surface area contributed by atoms with Crippen LogP contribution >= 0.6 is 0 Å². The van der Waals surface area contributed by atoms with Gasteiger partial charge in [-0.25, -0.2) is 14.3 Å². The number of para-hydroxylation sites is 1. The largest absolute Gasteiger partial charge is 0.478 e. The molecule has 0 saturated carbocycles. The number of aryl methyl sites for hydroxylation is 1. The molecule has 2 heterocycles. The molecule has 0 aliphatic carbocycles. The topological polar surface area (TPSA) is 114 Å². The van der Waals surface area contributed by atoms with Crippen molar-refractivity contribution in [1.82, 2.24) is 14.6 Å². The summed E-state index contributed by atoms with van der Waals surface area (Å²) in [7, 11) is -4.05. The highest BCUT2D eigenvalue weighted by atomic mass is 32.2. The summed E-state index contributed by atoms with van der Waals surface area (Å²) >= 11 is 0. The first kappa shape index (κ1) is 15.0. The number of hydrogen-bond acceptors (Lipinski definition) is 5. The second-order valence-corrected chi connectivity index (χ2v) is 6.43. The van der Waals surface area contributed by atoms with Crippen molar-refractivity contribution in [2.45, 2.75) is 11.9 Å². The van der Waals surface area contributed by atoms with Crippen molar-refractivity contribution in [3.63, 3.8) is 0 Å². The van der Waals surface area contributed by atoms with Gasteiger partial charge in [-0.3, -0.25) is 4.72 Å². The SMILES string of the molecule is Cc1cccc(C(=O)O)c1NS(=O)(=O)c1cnc2cccnn12. The molecule has 0 radical (unpaired) electrons. The van der Waals surface area contributed by atoms with Gasteiger partial charge in [-0.2, -0.15) is 13.5 Å². The van der Waals surface area contributed by atoms with Gasteiger partial charge >= 0.3 is 5.97 Å². The number of hydrogen-bond donors (Lipinski definition) is 2. The molecule has 2 N–H and O–H groups in total. The van der Waals surface area contributed by atoms with E-state index in [0.29, 0.717) is 11.2 Å². The predicted octanol–water partition coefficient (Wildman–Crippen LogP) is 1.54. The smallest absolute Gasteiger partial charge is 0.337 e. The van der Waals surface area contributed by atoms with Crippen molar-refractivity contribution in [1.29, 1.82) is 0 Å². The van der Waals surface area contributed by atoms with Gasteiger partial charge in [0.2, 0.25) is 0 Å². The molecule has 0 fully saturated rings. The first-order valence-electron chi connectivity index (χ1n) is 6.54. The molecule has 23 heavy (non-hydrogen) atoms. The highest BCUT2D eigenvalue weighted by Crippen LogP contribution is 2.24. The molecule has 1 aromatic carbocycles. The Balaban J connectivity index is 2.11. The third-order valence-corrected chi connectivity index (χ3v) is 4.56. The summed E-state index contributed by atoms with van der Waals surface area (Å²) in [6.45, 7) is 1.62. The number of fused-ring (bicyclic) bond motifs is 1. The van der Waals surface area contributed by atoms with Gasteiger partial charge in [0.05, 0.1) is 17.4 Å². The van der Waals surface area contributed by atoms with Gasteiger partial charge in [0.15, 0.2) is 10.7 Å². The Morgan fingerprint density at radius 3 is 2.78 bits per heavy atom. The maximum atomic E-state index is 12.6. The molecule has 0 amide bonds. The fourth-order valence-corrected chi connectivity index (χ4v) is 3.36. The van der Waals surface area contributed by atoms with Crippen LogP contribution in [0.2, 0.25) is 0 Å². The molecule has 3 aromatic rings. The molecule has 9 heteroatoms. The van der Waals surface area contributed by atoms with Crippen LogP contribution in [0.3, 0.4) is 0 Å². The van der Waals surface area contributed by atoms with E-state index in [1.54, 1.807) is 31.2 Å². The highest BCUT2D eigenvalue weighted by molar-refractivity contribution is 7.92. The zero-order valence-electron chi connectivity index (χ0n) is 12.0. The van der Waals surface area contributed by atoms with Gasteiger partial charge < -0.3 is 5.11 Å². The number of anilines is 1. The molecule has 0 atom stereocenters. The number of carboxylic acids is 1. The number of carbonyl (C=O) groups is 1. The Hall–Kier alpha value is -2.94. The van der Waals surface area contributed by atoms with Crippen LogP contribution in [0.15, 0.2) is 47.8 Å². The van der Waals surface area contributed by atoms with Crippen LogP contribution in [0.25, 0.3) is 5.65 Å². The third kappa shape index (κ3) is 2.61. The lowest BCUT2D eigenvalue weighted by atomic mass is 10.1. The Kier molecular flexibility index (Phi) is 3.49. The molecule has 0 saturated heterocycles. The van der Waals surface area contributed by atoms with Crippen LogP contribution in [0.4, 0.5) is 5.69 Å². The molecule has 8 nitrogen and oxygen atoms in total. The first-order chi connectivity index (χ1) is 10.9. The minimum atomic E-state index is -4.05. The fourth-order valence-electron chi connectivity index (χ4n) is 2.16. The minimum absolute atomic E-state index is 0.0193. The minimum Gasteiger partial charge on any atom is -0.478 e. The molecule has 2 aromatic heterocycles. The van der Waals surface area contributed by atoms with Gasteiger partial charge in [-0.15, -0.1) is 0 Å². The van der Waals surface area contributed by atoms with E-state index in [4.69, 9.17) is 0 Å². The number of rotatable bonds is 4. The molecule has 0 spiro atoms. The Bertz CT molecular complexity index is 1010. The summed E-state index contributed by atoms with van der Waals surface area (Å²) in [6.07, 6.45) is 2.60. The number of aromatic nitrogens is 3. The monoisotopic (exact) mass is 332 g/mol. The van der Waals surface area contributed by atoms with Crippen LogP contribution in [0.1, 0.15) is 15.9 Å². The van der Waals surface area contributed by atoms with Gasteiger partial charge in [0, 0.05) is 6.20 Å². The Morgan fingerprint density at radius 2 is 2.04 bits per heavy atom. The van der Waals surface area contributed by atoms with E-state index in [0.717, 1.165) is 0 Å². The van der Waals surface area contributed by atoms with E-state index in [-0.39, 0.29) is 16.3 Å². The maximum absolute atomic E-state index is 12.6. The zero-order chi connectivity index (χ0) is 16.6. The second-order valence-electron chi connectivity index (χ2n) is 4.80. The number of benzene rings is 1. The lowest BCUT2D eigenvalue weighted by molar-refractivity contribution is 0.0698. The number of nitrogens with one attached hydrogen (secondary N) is 1. The second kappa shape index (κ2) is 5.36. The predicted molar refractivity (Wildman–Crippen MR) is 81.9 cm³/mol. The van der Waals surface area contributed by atoms with Crippen molar-refractivity contribution >= 4 is 27.3 Å². The van der Waals surface area contributed by atoms with E-state index in [1.807, 2.05) is 0 Å². The van der Waals surface area contributed by atoms with Crippen LogP contribution in [-0.2, 0) is 10.0 Å². The van der Waals surface area contributed by atoms with Gasteiger partial charge in [-0.1, -0.05) is 12.1 Å². The standard InChI is InChI=1S/C14H12N4O4S/c1-9-4-2-5-10(14(19)20)13(9)17-23(21,22)12-8-15-11-6-3-7-16-18(11)12/h2-8,17H,1H3,(H,19,20). The quantitative estimate of drug-likeness (QED) is 0.749. The number of aromatic carboxylic acids is 1. The van der Waals surface area contributed by atoms with Gasteiger partial charge in [-0.05, 0) is 30.7 Å². The molecule has 118 valence electrons. The maximum Gasteiger partial charge on any atom is 0.337 e. The van der Waals surface area contributed by atoms with Crippen LogP contribution in [0, 0.1) is 6.92 Å². The van der Waals surface area contributed by atoms with Gasteiger partial charge in [0.1, 0.15) is 0 Å². The number of imidazole rings is 1. The zero-order valence-corrected chi connectivity index (χ0v) is 12.8. The van der Waals surface area contributed by atoms with Crippen LogP contribution in [-0.4, -0.2) is 34.1 Å². The highest BCUT2D eigenvalue weighted by Gasteiger charge is 2.23. The number of carboxylic acid groups (broad SMARTS) is 1. The van der Waals surface area contributed by atoms with Crippen molar-refractivity contribution in [3.8, 4) is 0 Å². The van der Waals surface area contributed by atoms with E-state index >= 15 is 0 Å². The Labute approximate surface area is 131 Å². The van der Waals surface area contributed by atoms with E-state index < -0.39 is 16.0 Å².